The van der Waals surface area contributed by atoms with Crippen LogP contribution in [0.2, 0.25) is 0 Å². The number of pyridine rings is 2. The Morgan fingerprint density at radius 3 is 2.52 bits per heavy atom. The molecule has 0 radical (unpaired) electrons. The molecule has 4 aromatic rings. The second-order valence-corrected chi connectivity index (χ2v) is 8.34. The van der Waals surface area contributed by atoms with Crippen molar-refractivity contribution in [1.82, 2.24) is 14.5 Å². The van der Waals surface area contributed by atoms with Gasteiger partial charge in [-0.15, -0.1) is 0 Å². The summed E-state index contributed by atoms with van der Waals surface area (Å²) in [7, 11) is 0. The molecule has 5 rings (SSSR count). The van der Waals surface area contributed by atoms with Crippen molar-refractivity contribution in [2.45, 2.75) is 19.4 Å². The molecule has 0 unspecified atom stereocenters. The van der Waals surface area contributed by atoms with Crippen molar-refractivity contribution >= 4 is 0 Å². The van der Waals surface area contributed by atoms with Gasteiger partial charge in [0.2, 0.25) is 0 Å². The fourth-order valence-corrected chi connectivity index (χ4v) is 4.46. The van der Waals surface area contributed by atoms with Crippen LogP contribution in [0.15, 0.2) is 90.0 Å². The number of benzene rings is 2. The van der Waals surface area contributed by atoms with Gasteiger partial charge in [-0.05, 0) is 67.9 Å². The molecule has 1 aliphatic heterocycles. The average Bonchev–Trinajstić information content (AvgIpc) is 3.38. The van der Waals surface area contributed by atoms with Gasteiger partial charge in [0, 0.05) is 41.3 Å². The molecule has 0 spiro atoms. The SMILES string of the molecule is N#Cc1ccccc1-c1cc(-c2ccccn2)cn(-c2cccc(CN3CCCC3)c2)c1=O. The molecule has 33 heavy (non-hydrogen) atoms. The van der Waals surface area contributed by atoms with Crippen LogP contribution < -0.4 is 5.56 Å². The zero-order chi connectivity index (χ0) is 22.6. The average molecular weight is 433 g/mol. The second kappa shape index (κ2) is 9.23. The Labute approximate surface area is 193 Å². The lowest BCUT2D eigenvalue weighted by atomic mass is 9.99. The summed E-state index contributed by atoms with van der Waals surface area (Å²) in [5, 5.41) is 9.64. The smallest absolute Gasteiger partial charge is 0.263 e. The van der Waals surface area contributed by atoms with E-state index < -0.39 is 0 Å². The highest BCUT2D eigenvalue weighted by molar-refractivity contribution is 5.74. The minimum absolute atomic E-state index is 0.157. The van der Waals surface area contributed by atoms with E-state index in [9.17, 15) is 10.1 Å². The van der Waals surface area contributed by atoms with Crippen LogP contribution in [0.3, 0.4) is 0 Å². The molecule has 2 aromatic heterocycles. The molecule has 162 valence electrons. The van der Waals surface area contributed by atoms with E-state index >= 15 is 0 Å². The number of aromatic nitrogens is 2. The first kappa shape index (κ1) is 20.9. The first-order chi connectivity index (χ1) is 16.2. The summed E-state index contributed by atoms with van der Waals surface area (Å²) in [5.41, 5.74) is 5.02. The van der Waals surface area contributed by atoms with Crippen LogP contribution in [0, 0.1) is 11.3 Å². The zero-order valence-electron chi connectivity index (χ0n) is 18.3. The van der Waals surface area contributed by atoms with Crippen molar-refractivity contribution in [1.29, 1.82) is 5.26 Å². The summed E-state index contributed by atoms with van der Waals surface area (Å²) < 4.78 is 1.68. The van der Waals surface area contributed by atoms with Gasteiger partial charge in [0.1, 0.15) is 0 Å². The third kappa shape index (κ3) is 4.34. The molecular formula is C28H24N4O. The lowest BCUT2D eigenvalue weighted by Gasteiger charge is -2.17. The van der Waals surface area contributed by atoms with Crippen molar-refractivity contribution in [2.75, 3.05) is 13.1 Å². The van der Waals surface area contributed by atoms with Crippen molar-refractivity contribution in [3.8, 4) is 34.1 Å². The largest absolute Gasteiger partial charge is 0.299 e. The number of hydrogen-bond donors (Lipinski definition) is 0. The lowest BCUT2D eigenvalue weighted by Crippen LogP contribution is -2.21. The molecule has 2 aromatic carbocycles. The fourth-order valence-electron chi connectivity index (χ4n) is 4.46. The molecule has 0 saturated carbocycles. The summed E-state index contributed by atoms with van der Waals surface area (Å²) >= 11 is 0. The molecule has 1 fully saturated rings. The number of likely N-dealkylation sites (tertiary alicyclic amines) is 1. The van der Waals surface area contributed by atoms with Crippen LogP contribution in [0.5, 0.6) is 0 Å². The molecule has 1 saturated heterocycles. The monoisotopic (exact) mass is 432 g/mol. The molecule has 1 aliphatic rings. The molecule has 5 heteroatoms. The fraction of sp³-hybridized carbons (Fsp3) is 0.179. The Morgan fingerprint density at radius 2 is 1.73 bits per heavy atom. The summed E-state index contributed by atoms with van der Waals surface area (Å²) in [4.78, 5) is 20.6. The molecule has 0 bridgehead atoms. The van der Waals surface area contributed by atoms with E-state index in [0.717, 1.165) is 36.6 Å². The number of nitriles is 1. The van der Waals surface area contributed by atoms with Crippen molar-refractivity contribution in [3.63, 3.8) is 0 Å². The summed E-state index contributed by atoms with van der Waals surface area (Å²) in [6.07, 6.45) is 6.07. The first-order valence-corrected chi connectivity index (χ1v) is 11.2. The molecule has 0 amide bonds. The van der Waals surface area contributed by atoms with E-state index in [1.54, 1.807) is 16.8 Å². The molecular weight excluding hydrogens is 408 g/mol. The molecule has 3 heterocycles. The van der Waals surface area contributed by atoms with E-state index in [1.807, 2.05) is 60.8 Å². The zero-order valence-corrected chi connectivity index (χ0v) is 18.3. The van der Waals surface area contributed by atoms with Gasteiger partial charge in [0.25, 0.3) is 5.56 Å². The molecule has 5 nitrogen and oxygen atoms in total. The van der Waals surface area contributed by atoms with Crippen molar-refractivity contribution < 1.29 is 0 Å². The molecule has 0 aliphatic carbocycles. The number of rotatable bonds is 5. The third-order valence-electron chi connectivity index (χ3n) is 6.11. The van der Waals surface area contributed by atoms with E-state index in [-0.39, 0.29) is 5.56 Å². The van der Waals surface area contributed by atoms with Crippen LogP contribution in [-0.2, 0) is 6.54 Å². The molecule has 0 atom stereocenters. The maximum atomic E-state index is 13.7. The predicted molar refractivity (Wildman–Crippen MR) is 130 cm³/mol. The second-order valence-electron chi connectivity index (χ2n) is 8.34. The maximum absolute atomic E-state index is 13.7. The summed E-state index contributed by atoms with van der Waals surface area (Å²) in [6.45, 7) is 3.12. The van der Waals surface area contributed by atoms with Crippen LogP contribution in [0.25, 0.3) is 28.1 Å². The summed E-state index contributed by atoms with van der Waals surface area (Å²) in [5.74, 6) is 0. The topological polar surface area (TPSA) is 61.9 Å². The van der Waals surface area contributed by atoms with E-state index in [1.165, 1.54) is 18.4 Å². The quantitative estimate of drug-likeness (QED) is 0.444. The Balaban J connectivity index is 1.67. The molecule has 0 N–H and O–H groups in total. The highest BCUT2D eigenvalue weighted by Crippen LogP contribution is 2.26. The van der Waals surface area contributed by atoms with E-state index in [0.29, 0.717) is 16.7 Å². The van der Waals surface area contributed by atoms with Crippen LogP contribution in [0.4, 0.5) is 0 Å². The van der Waals surface area contributed by atoms with Crippen molar-refractivity contribution in [2.24, 2.45) is 0 Å². The Morgan fingerprint density at radius 1 is 0.909 bits per heavy atom. The van der Waals surface area contributed by atoms with Gasteiger partial charge in [-0.2, -0.15) is 5.26 Å². The van der Waals surface area contributed by atoms with Crippen molar-refractivity contribution in [3.05, 3.63) is 107 Å². The van der Waals surface area contributed by atoms with Crippen LogP contribution in [0.1, 0.15) is 24.0 Å². The number of hydrogen-bond acceptors (Lipinski definition) is 4. The van der Waals surface area contributed by atoms with Gasteiger partial charge in [-0.25, -0.2) is 0 Å². The van der Waals surface area contributed by atoms with Crippen LogP contribution >= 0.6 is 0 Å². The van der Waals surface area contributed by atoms with Crippen LogP contribution in [-0.4, -0.2) is 27.5 Å². The van der Waals surface area contributed by atoms with E-state index in [4.69, 9.17) is 0 Å². The van der Waals surface area contributed by atoms with E-state index in [2.05, 4.69) is 28.1 Å². The van der Waals surface area contributed by atoms with Gasteiger partial charge >= 0.3 is 0 Å². The highest BCUT2D eigenvalue weighted by Gasteiger charge is 2.16. The minimum atomic E-state index is -0.157. The lowest BCUT2D eigenvalue weighted by molar-refractivity contribution is 0.331. The standard InChI is InChI=1S/C28H24N4O/c29-18-22-9-1-2-11-25(22)26-17-23(27-12-3-4-13-30-27)20-32(28(26)33)24-10-7-8-21(16-24)19-31-14-5-6-15-31/h1-4,7-13,16-17,20H,5-6,14-15,19H2. The van der Waals surface area contributed by atoms with Gasteiger partial charge in [-0.1, -0.05) is 36.4 Å². The minimum Gasteiger partial charge on any atom is -0.299 e. The maximum Gasteiger partial charge on any atom is 0.263 e. The number of nitrogens with zero attached hydrogens (tertiary/aromatic N) is 4. The third-order valence-corrected chi connectivity index (χ3v) is 6.11. The summed E-state index contributed by atoms with van der Waals surface area (Å²) in [6, 6.07) is 25.2. The normalized spacial score (nSPS) is 13.7. The predicted octanol–water partition coefficient (Wildman–Crippen LogP) is 5.03. The Hall–Kier alpha value is -4.01. The van der Waals surface area contributed by atoms with Gasteiger partial charge in [-0.3, -0.25) is 19.2 Å². The van der Waals surface area contributed by atoms with Gasteiger partial charge in [0.05, 0.1) is 17.3 Å². The first-order valence-electron chi connectivity index (χ1n) is 11.2. The Bertz CT molecular complexity index is 1380. The Kier molecular flexibility index (Phi) is 5.84. The van der Waals surface area contributed by atoms with Gasteiger partial charge in [0.15, 0.2) is 0 Å². The highest BCUT2D eigenvalue weighted by atomic mass is 16.1. The van der Waals surface area contributed by atoms with Gasteiger partial charge < -0.3 is 0 Å².